The molecule has 14 heteroatoms. The van der Waals surface area contributed by atoms with Gasteiger partial charge in [0.1, 0.15) is 5.75 Å². The van der Waals surface area contributed by atoms with Crippen LogP contribution in [-0.2, 0) is 24.8 Å². The summed E-state index contributed by atoms with van der Waals surface area (Å²) < 4.78 is 69.3. The molecule has 1 heterocycles. The van der Waals surface area contributed by atoms with Crippen LogP contribution in [0.2, 0.25) is 5.02 Å². The molecule has 262 valence electrons. The Balaban J connectivity index is 1.67. The highest BCUT2D eigenvalue weighted by Gasteiger charge is 2.32. The first-order valence-corrected chi connectivity index (χ1v) is 19.2. The number of anilines is 1. The molecule has 0 unspecified atom stereocenters. The van der Waals surface area contributed by atoms with E-state index in [0.717, 1.165) is 6.42 Å². The molecule has 0 aliphatic carbocycles. The van der Waals surface area contributed by atoms with E-state index >= 15 is 0 Å². The molecule has 1 amide bonds. The number of hydrogen-bond acceptors (Lipinski definition) is 8. The average Bonchev–Trinajstić information content (AvgIpc) is 3.06. The van der Waals surface area contributed by atoms with Gasteiger partial charge in [0.05, 0.1) is 40.2 Å². The Labute approximate surface area is 288 Å². The number of carbonyl (C=O) groups is 1. The van der Waals surface area contributed by atoms with Gasteiger partial charge in [-0.15, -0.1) is 0 Å². The lowest BCUT2D eigenvalue weighted by Crippen LogP contribution is -2.48. The van der Waals surface area contributed by atoms with Gasteiger partial charge in [-0.3, -0.25) is 9.52 Å². The van der Waals surface area contributed by atoms with Crippen molar-refractivity contribution in [1.82, 2.24) is 9.21 Å². The van der Waals surface area contributed by atoms with Crippen LogP contribution in [-0.4, -0.2) is 88.7 Å². The number of amides is 1. The minimum Gasteiger partial charge on any atom is -0.490 e. The summed E-state index contributed by atoms with van der Waals surface area (Å²) >= 11 is 5.97. The number of aliphatic hydroxyl groups is 1. The fourth-order valence-electron chi connectivity index (χ4n) is 5.40. The van der Waals surface area contributed by atoms with Crippen molar-refractivity contribution in [3.05, 3.63) is 83.4 Å². The molecule has 3 aromatic carbocycles. The average molecular weight is 722 g/mol. The van der Waals surface area contributed by atoms with Gasteiger partial charge in [0.25, 0.3) is 15.9 Å². The van der Waals surface area contributed by atoms with Gasteiger partial charge in [0, 0.05) is 43.4 Å². The second-order valence-electron chi connectivity index (χ2n) is 12.2. The van der Waals surface area contributed by atoms with E-state index in [-0.39, 0.29) is 58.5 Å². The number of hydrogen-bond donors (Lipinski definition) is 2. The van der Waals surface area contributed by atoms with Crippen LogP contribution >= 0.6 is 11.6 Å². The third kappa shape index (κ3) is 9.48. The standard InChI is InChI=1S/C34H44ClN3O8S2/c1-24-21-38(25(2)23-39)34(40)31-20-28(36-47(41,42)29-11-6-5-7-12-29)15-18-32(31)46-26(3)10-8-9-19-45-33(24)22-37(4)48(43,44)30-16-13-27(35)14-17-30/h5-7,11-18,20,24-26,33,36,39H,8-10,19,21-23H2,1-4H3/t24-,25+,26+,33-/m0/s1. The Hall–Kier alpha value is -3.20. The number of likely N-dealkylation sites (N-methyl/N-ethyl adjacent to an activating group) is 1. The van der Waals surface area contributed by atoms with Gasteiger partial charge in [-0.25, -0.2) is 16.8 Å². The molecule has 4 atom stereocenters. The first kappa shape index (κ1) is 37.6. The minimum absolute atomic E-state index is 0.0170. The normalized spacial score (nSPS) is 20.8. The van der Waals surface area contributed by atoms with Crippen LogP contribution < -0.4 is 9.46 Å². The molecule has 11 nitrogen and oxygen atoms in total. The summed E-state index contributed by atoms with van der Waals surface area (Å²) in [7, 11) is -6.33. The molecule has 0 aromatic heterocycles. The Bertz CT molecular complexity index is 1740. The van der Waals surface area contributed by atoms with E-state index in [0.29, 0.717) is 24.5 Å². The summed E-state index contributed by atoms with van der Waals surface area (Å²) in [4.78, 5) is 16.0. The molecule has 4 rings (SSSR count). The third-order valence-corrected chi connectivity index (χ3v) is 11.8. The lowest BCUT2D eigenvalue weighted by Gasteiger charge is -2.35. The fourth-order valence-corrected chi connectivity index (χ4v) is 7.78. The molecule has 0 radical (unpaired) electrons. The second kappa shape index (κ2) is 16.5. The molecule has 1 aliphatic heterocycles. The number of nitrogens with one attached hydrogen (secondary N) is 1. The van der Waals surface area contributed by atoms with E-state index in [4.69, 9.17) is 21.1 Å². The molecule has 0 saturated carbocycles. The molecule has 2 N–H and O–H groups in total. The van der Waals surface area contributed by atoms with Crippen molar-refractivity contribution >= 4 is 43.2 Å². The summed E-state index contributed by atoms with van der Waals surface area (Å²) in [5.74, 6) is -0.572. The monoisotopic (exact) mass is 721 g/mol. The zero-order valence-electron chi connectivity index (χ0n) is 27.6. The maximum atomic E-state index is 14.3. The number of rotatable bonds is 9. The van der Waals surface area contributed by atoms with Gasteiger partial charge in [0.2, 0.25) is 10.0 Å². The van der Waals surface area contributed by atoms with Gasteiger partial charge in [-0.1, -0.05) is 36.7 Å². The van der Waals surface area contributed by atoms with Crippen molar-refractivity contribution in [1.29, 1.82) is 0 Å². The first-order valence-electron chi connectivity index (χ1n) is 15.9. The fraction of sp³-hybridized carbons (Fsp3) is 0.441. The van der Waals surface area contributed by atoms with Crippen LogP contribution in [0.25, 0.3) is 0 Å². The Morgan fingerprint density at radius 1 is 1.00 bits per heavy atom. The van der Waals surface area contributed by atoms with E-state index in [1.54, 1.807) is 37.3 Å². The molecule has 3 aromatic rings. The summed E-state index contributed by atoms with van der Waals surface area (Å²) in [6, 6.07) is 17.8. The predicted octanol–water partition coefficient (Wildman–Crippen LogP) is 5.26. The van der Waals surface area contributed by atoms with Crippen molar-refractivity contribution in [2.45, 2.75) is 68.1 Å². The van der Waals surface area contributed by atoms with Crippen LogP contribution in [0.15, 0.2) is 82.6 Å². The van der Waals surface area contributed by atoms with Crippen molar-refractivity contribution in [2.75, 3.05) is 38.1 Å². The van der Waals surface area contributed by atoms with E-state index in [1.807, 2.05) is 13.8 Å². The van der Waals surface area contributed by atoms with Crippen LogP contribution in [0.1, 0.15) is 50.4 Å². The highest BCUT2D eigenvalue weighted by atomic mass is 35.5. The first-order chi connectivity index (χ1) is 22.7. The Morgan fingerprint density at radius 2 is 1.69 bits per heavy atom. The molecular formula is C34H44ClN3O8S2. The predicted molar refractivity (Wildman–Crippen MR) is 185 cm³/mol. The number of halogens is 1. The Kier molecular flexibility index (Phi) is 12.9. The lowest BCUT2D eigenvalue weighted by molar-refractivity contribution is -0.00833. The van der Waals surface area contributed by atoms with Crippen LogP contribution in [0.3, 0.4) is 0 Å². The number of nitrogens with zero attached hydrogens (tertiary/aromatic N) is 2. The van der Waals surface area contributed by atoms with Gasteiger partial charge in [0.15, 0.2) is 0 Å². The van der Waals surface area contributed by atoms with Gasteiger partial charge < -0.3 is 19.5 Å². The maximum absolute atomic E-state index is 14.3. The summed E-state index contributed by atoms with van der Waals surface area (Å²) in [5.41, 5.74) is 0.294. The van der Waals surface area contributed by atoms with E-state index in [1.165, 1.54) is 58.7 Å². The smallest absolute Gasteiger partial charge is 0.261 e. The third-order valence-electron chi connectivity index (χ3n) is 8.32. The molecule has 0 spiro atoms. The van der Waals surface area contributed by atoms with Crippen molar-refractivity contribution < 1.29 is 36.2 Å². The summed E-state index contributed by atoms with van der Waals surface area (Å²) in [6.07, 6.45) is 1.24. The minimum atomic E-state index is -3.95. The van der Waals surface area contributed by atoms with Crippen molar-refractivity contribution in [3.8, 4) is 5.75 Å². The van der Waals surface area contributed by atoms with Gasteiger partial charge in [-0.05, 0) is 87.7 Å². The number of benzene rings is 3. The number of aliphatic hydroxyl groups excluding tert-OH is 1. The molecular weight excluding hydrogens is 678 g/mol. The molecule has 0 bridgehead atoms. The van der Waals surface area contributed by atoms with E-state index < -0.39 is 38.1 Å². The largest absolute Gasteiger partial charge is 0.490 e. The van der Waals surface area contributed by atoms with Crippen molar-refractivity contribution in [2.24, 2.45) is 5.92 Å². The quantitative estimate of drug-likeness (QED) is 0.305. The lowest BCUT2D eigenvalue weighted by atomic mass is 10.0. The highest BCUT2D eigenvalue weighted by Crippen LogP contribution is 2.30. The number of carbonyl (C=O) groups excluding carboxylic acids is 1. The molecule has 0 fully saturated rings. The van der Waals surface area contributed by atoms with Crippen LogP contribution in [0.4, 0.5) is 5.69 Å². The summed E-state index contributed by atoms with van der Waals surface area (Å²) in [6.45, 7) is 5.61. The number of sulfonamides is 2. The topological polar surface area (TPSA) is 143 Å². The van der Waals surface area contributed by atoms with Gasteiger partial charge >= 0.3 is 0 Å². The van der Waals surface area contributed by atoms with Crippen LogP contribution in [0, 0.1) is 5.92 Å². The second-order valence-corrected chi connectivity index (χ2v) is 16.3. The summed E-state index contributed by atoms with van der Waals surface area (Å²) in [5, 5.41) is 10.6. The maximum Gasteiger partial charge on any atom is 0.261 e. The SMILES string of the molecule is C[C@@H]1CCCCO[C@@H](CN(C)S(=O)(=O)c2ccc(Cl)cc2)[C@@H](C)CN([C@H](C)CO)C(=O)c2cc(NS(=O)(=O)c3ccccc3)ccc2O1. The molecule has 0 saturated heterocycles. The Morgan fingerprint density at radius 3 is 2.35 bits per heavy atom. The van der Waals surface area contributed by atoms with Crippen molar-refractivity contribution in [3.63, 3.8) is 0 Å². The number of fused-ring (bicyclic) bond motifs is 1. The zero-order valence-corrected chi connectivity index (χ0v) is 30.0. The van der Waals surface area contributed by atoms with E-state index in [2.05, 4.69) is 4.72 Å². The molecule has 48 heavy (non-hydrogen) atoms. The van der Waals surface area contributed by atoms with Crippen LogP contribution in [0.5, 0.6) is 5.75 Å². The van der Waals surface area contributed by atoms with E-state index in [9.17, 15) is 26.7 Å². The highest BCUT2D eigenvalue weighted by molar-refractivity contribution is 7.92. The zero-order chi connectivity index (χ0) is 35.1. The molecule has 1 aliphatic rings. The number of ether oxygens (including phenoxy) is 2. The van der Waals surface area contributed by atoms with Gasteiger partial charge in [-0.2, -0.15) is 4.31 Å².